The maximum atomic E-state index is 5.88. The lowest BCUT2D eigenvalue weighted by molar-refractivity contribution is 0.354. The van der Waals surface area contributed by atoms with Crippen LogP contribution in [-0.2, 0) is 6.54 Å². The summed E-state index contributed by atoms with van der Waals surface area (Å²) in [5, 5.41) is 4.50. The number of halogens is 1. The SMILES string of the molecule is COc1ccc(CN(C)C(=S)Nc2ccc(Cl)cc2)cc1OC. The van der Waals surface area contributed by atoms with Crippen LogP contribution in [0.1, 0.15) is 5.56 Å². The molecule has 0 heterocycles. The highest BCUT2D eigenvalue weighted by molar-refractivity contribution is 7.80. The monoisotopic (exact) mass is 350 g/mol. The summed E-state index contributed by atoms with van der Waals surface area (Å²) >= 11 is 11.3. The van der Waals surface area contributed by atoms with Crippen LogP contribution < -0.4 is 14.8 Å². The quantitative estimate of drug-likeness (QED) is 0.818. The zero-order valence-corrected chi connectivity index (χ0v) is 14.9. The van der Waals surface area contributed by atoms with Gasteiger partial charge in [0.05, 0.1) is 14.2 Å². The lowest BCUT2D eigenvalue weighted by atomic mass is 10.2. The summed E-state index contributed by atoms with van der Waals surface area (Å²) in [7, 11) is 5.18. The molecule has 0 saturated heterocycles. The minimum absolute atomic E-state index is 0.627. The number of hydrogen-bond acceptors (Lipinski definition) is 3. The third-order valence-electron chi connectivity index (χ3n) is 3.31. The van der Waals surface area contributed by atoms with Gasteiger partial charge in [-0.15, -0.1) is 0 Å². The van der Waals surface area contributed by atoms with Crippen LogP contribution in [-0.4, -0.2) is 31.3 Å². The average molecular weight is 351 g/mol. The molecule has 0 bridgehead atoms. The van der Waals surface area contributed by atoms with Gasteiger partial charge in [0.15, 0.2) is 16.6 Å². The molecule has 6 heteroatoms. The fourth-order valence-corrected chi connectivity index (χ4v) is 2.39. The van der Waals surface area contributed by atoms with Gasteiger partial charge in [0, 0.05) is 24.3 Å². The van der Waals surface area contributed by atoms with Gasteiger partial charge < -0.3 is 19.7 Å². The second kappa shape index (κ2) is 8.04. The molecular weight excluding hydrogens is 332 g/mol. The molecule has 4 nitrogen and oxygen atoms in total. The van der Waals surface area contributed by atoms with Crippen molar-refractivity contribution in [1.29, 1.82) is 0 Å². The van der Waals surface area contributed by atoms with Crippen molar-refractivity contribution in [3.8, 4) is 11.5 Å². The van der Waals surface area contributed by atoms with Crippen LogP contribution in [0.2, 0.25) is 5.02 Å². The number of hydrogen-bond donors (Lipinski definition) is 1. The third kappa shape index (κ3) is 4.74. The molecule has 0 unspecified atom stereocenters. The van der Waals surface area contributed by atoms with Gasteiger partial charge in [-0.1, -0.05) is 17.7 Å². The zero-order chi connectivity index (χ0) is 16.8. The number of ether oxygens (including phenoxy) is 2. The lowest BCUT2D eigenvalue weighted by Gasteiger charge is -2.21. The molecule has 0 aliphatic heterocycles. The Labute approximate surface area is 147 Å². The second-order valence-electron chi connectivity index (χ2n) is 4.98. The summed E-state index contributed by atoms with van der Waals surface area (Å²) in [6.45, 7) is 0.653. The van der Waals surface area contributed by atoms with Crippen molar-refractivity contribution >= 4 is 34.6 Å². The van der Waals surface area contributed by atoms with Crippen molar-refractivity contribution < 1.29 is 9.47 Å². The highest BCUT2D eigenvalue weighted by Gasteiger charge is 2.09. The van der Waals surface area contributed by atoms with Crippen molar-refractivity contribution in [1.82, 2.24) is 4.90 Å². The first-order valence-corrected chi connectivity index (χ1v) is 7.80. The van der Waals surface area contributed by atoms with E-state index in [0.29, 0.717) is 28.2 Å². The molecule has 0 aliphatic carbocycles. The summed E-state index contributed by atoms with van der Waals surface area (Å²) in [5.41, 5.74) is 1.98. The maximum Gasteiger partial charge on any atom is 0.173 e. The number of nitrogens with one attached hydrogen (secondary N) is 1. The van der Waals surface area contributed by atoms with Gasteiger partial charge >= 0.3 is 0 Å². The Morgan fingerprint density at radius 3 is 2.35 bits per heavy atom. The fraction of sp³-hybridized carbons (Fsp3) is 0.235. The van der Waals surface area contributed by atoms with E-state index in [9.17, 15) is 0 Å². The molecule has 23 heavy (non-hydrogen) atoms. The molecule has 0 saturated carbocycles. The molecule has 2 rings (SSSR count). The summed E-state index contributed by atoms with van der Waals surface area (Å²) in [4.78, 5) is 1.95. The molecule has 0 amide bonds. The molecule has 0 aliphatic rings. The van der Waals surface area contributed by atoms with Crippen LogP contribution in [0.4, 0.5) is 5.69 Å². The molecule has 0 atom stereocenters. The topological polar surface area (TPSA) is 33.7 Å². The predicted molar refractivity (Wildman–Crippen MR) is 98.7 cm³/mol. The van der Waals surface area contributed by atoms with Gasteiger partial charge in [0.1, 0.15) is 0 Å². The number of benzene rings is 2. The largest absolute Gasteiger partial charge is 0.493 e. The normalized spacial score (nSPS) is 10.1. The minimum atomic E-state index is 0.627. The molecule has 0 fully saturated rings. The van der Waals surface area contributed by atoms with Gasteiger partial charge in [-0.25, -0.2) is 0 Å². The fourth-order valence-electron chi connectivity index (χ4n) is 2.08. The van der Waals surface area contributed by atoms with E-state index in [2.05, 4.69) is 5.32 Å². The van der Waals surface area contributed by atoms with E-state index >= 15 is 0 Å². The Morgan fingerprint density at radius 2 is 1.74 bits per heavy atom. The van der Waals surface area contributed by atoms with E-state index in [1.54, 1.807) is 14.2 Å². The van der Waals surface area contributed by atoms with E-state index < -0.39 is 0 Å². The van der Waals surface area contributed by atoms with Gasteiger partial charge in [-0.3, -0.25) is 0 Å². The van der Waals surface area contributed by atoms with Crippen LogP contribution in [0.15, 0.2) is 42.5 Å². The Kier molecular flexibility index (Phi) is 6.07. The van der Waals surface area contributed by atoms with Gasteiger partial charge in [0.2, 0.25) is 0 Å². The summed E-state index contributed by atoms with van der Waals surface area (Å²) in [6, 6.07) is 13.2. The Morgan fingerprint density at radius 1 is 1.09 bits per heavy atom. The minimum Gasteiger partial charge on any atom is -0.493 e. The number of rotatable bonds is 5. The molecule has 0 aromatic heterocycles. The molecule has 1 N–H and O–H groups in total. The van der Waals surface area contributed by atoms with E-state index in [0.717, 1.165) is 11.3 Å². The molecule has 2 aromatic carbocycles. The summed E-state index contributed by atoms with van der Waals surface area (Å²) < 4.78 is 10.6. The van der Waals surface area contributed by atoms with Gasteiger partial charge in [0.25, 0.3) is 0 Å². The molecule has 0 spiro atoms. The van der Waals surface area contributed by atoms with Crippen LogP contribution >= 0.6 is 23.8 Å². The average Bonchev–Trinajstić information content (AvgIpc) is 2.56. The van der Waals surface area contributed by atoms with Crippen LogP contribution in [0.25, 0.3) is 0 Å². The summed E-state index contributed by atoms with van der Waals surface area (Å²) in [6.07, 6.45) is 0. The van der Waals surface area contributed by atoms with Crippen LogP contribution in [0, 0.1) is 0 Å². The number of anilines is 1. The van der Waals surface area contributed by atoms with Crippen molar-refractivity contribution in [3.05, 3.63) is 53.1 Å². The van der Waals surface area contributed by atoms with Gasteiger partial charge in [-0.2, -0.15) is 0 Å². The van der Waals surface area contributed by atoms with E-state index in [1.165, 1.54) is 0 Å². The Balaban J connectivity index is 2.01. The lowest BCUT2D eigenvalue weighted by Crippen LogP contribution is -2.30. The van der Waals surface area contributed by atoms with Crippen LogP contribution in [0.3, 0.4) is 0 Å². The van der Waals surface area contributed by atoms with Crippen molar-refractivity contribution in [2.75, 3.05) is 26.6 Å². The van der Waals surface area contributed by atoms with Crippen molar-refractivity contribution in [3.63, 3.8) is 0 Å². The number of nitrogens with zero attached hydrogens (tertiary/aromatic N) is 1. The number of methoxy groups -OCH3 is 2. The highest BCUT2D eigenvalue weighted by atomic mass is 35.5. The number of thiocarbonyl (C=S) groups is 1. The van der Waals surface area contributed by atoms with Crippen molar-refractivity contribution in [2.45, 2.75) is 6.54 Å². The summed E-state index contributed by atoms with van der Waals surface area (Å²) in [5.74, 6) is 1.41. The Hall–Kier alpha value is -1.98. The third-order valence-corrected chi connectivity index (χ3v) is 3.98. The maximum absolute atomic E-state index is 5.88. The first kappa shape index (κ1) is 17.4. The van der Waals surface area contributed by atoms with E-state index in [-0.39, 0.29) is 0 Å². The van der Waals surface area contributed by atoms with Gasteiger partial charge in [-0.05, 0) is 54.2 Å². The first-order valence-electron chi connectivity index (χ1n) is 7.02. The standard InChI is InChI=1S/C17H19ClN2O2S/c1-20(17(23)19-14-7-5-13(18)6-8-14)11-12-4-9-15(21-2)16(10-12)22-3/h4-10H,11H2,1-3H3,(H,19,23). The molecule has 2 aromatic rings. The zero-order valence-electron chi connectivity index (χ0n) is 13.3. The highest BCUT2D eigenvalue weighted by Crippen LogP contribution is 2.28. The predicted octanol–water partition coefficient (Wildman–Crippen LogP) is 4.19. The smallest absolute Gasteiger partial charge is 0.173 e. The van der Waals surface area contributed by atoms with E-state index in [4.69, 9.17) is 33.3 Å². The second-order valence-corrected chi connectivity index (χ2v) is 5.81. The molecule has 0 radical (unpaired) electrons. The van der Waals surface area contributed by atoms with Crippen LogP contribution in [0.5, 0.6) is 11.5 Å². The molecule has 122 valence electrons. The Bertz CT molecular complexity index is 677. The molecular formula is C17H19ClN2O2S. The van der Waals surface area contributed by atoms with E-state index in [1.807, 2.05) is 54.4 Å². The van der Waals surface area contributed by atoms with Crippen molar-refractivity contribution in [2.24, 2.45) is 0 Å². The first-order chi connectivity index (χ1) is 11.0.